The van der Waals surface area contributed by atoms with E-state index in [0.717, 1.165) is 37.3 Å². The Labute approximate surface area is 127 Å². The van der Waals surface area contributed by atoms with Gasteiger partial charge in [-0.15, -0.1) is 0 Å². The van der Waals surface area contributed by atoms with E-state index in [1.165, 1.54) is 11.3 Å². The van der Waals surface area contributed by atoms with Gasteiger partial charge in [-0.2, -0.15) is 5.10 Å². The van der Waals surface area contributed by atoms with Crippen LogP contribution in [0, 0.1) is 13.8 Å². The summed E-state index contributed by atoms with van der Waals surface area (Å²) in [7, 11) is 0. The monoisotopic (exact) mass is 286 g/mol. The molecule has 1 N–H and O–H groups in total. The van der Waals surface area contributed by atoms with Gasteiger partial charge in [-0.3, -0.25) is 9.67 Å². The zero-order valence-corrected chi connectivity index (χ0v) is 13.6. The average Bonchev–Trinajstić information content (AvgIpc) is 2.83. The highest BCUT2D eigenvalue weighted by molar-refractivity contribution is 5.20. The lowest BCUT2D eigenvalue weighted by molar-refractivity contribution is 0.493. The van der Waals surface area contributed by atoms with Gasteiger partial charge in [0.2, 0.25) is 0 Å². The summed E-state index contributed by atoms with van der Waals surface area (Å²) in [5, 5.41) is 8.16. The summed E-state index contributed by atoms with van der Waals surface area (Å²) in [6, 6.07) is 6.64. The zero-order chi connectivity index (χ0) is 15.2. The SMILES string of the molecule is CCCNC(Cc1cc(C)nn1CC)c1cc(C)ccn1. The third-order valence-corrected chi connectivity index (χ3v) is 3.63. The third-order valence-electron chi connectivity index (χ3n) is 3.63. The first-order valence-corrected chi connectivity index (χ1v) is 7.83. The lowest BCUT2D eigenvalue weighted by Crippen LogP contribution is -2.26. The standard InChI is InChI=1S/C17H26N4/c1-5-8-18-17(16-10-13(3)7-9-19-16)12-15-11-14(4)20-21(15)6-2/h7,9-11,17-18H,5-6,8,12H2,1-4H3. The second-order valence-electron chi connectivity index (χ2n) is 5.56. The van der Waals surface area contributed by atoms with Gasteiger partial charge in [-0.1, -0.05) is 6.92 Å². The van der Waals surface area contributed by atoms with Crippen molar-refractivity contribution in [2.75, 3.05) is 6.54 Å². The van der Waals surface area contributed by atoms with Crippen LogP contribution in [0.2, 0.25) is 0 Å². The molecule has 0 aliphatic heterocycles. The van der Waals surface area contributed by atoms with Crippen LogP contribution in [-0.2, 0) is 13.0 Å². The molecule has 0 amide bonds. The highest BCUT2D eigenvalue weighted by Crippen LogP contribution is 2.18. The molecule has 0 bridgehead atoms. The predicted molar refractivity (Wildman–Crippen MR) is 86.4 cm³/mol. The van der Waals surface area contributed by atoms with Crippen LogP contribution in [0.15, 0.2) is 24.4 Å². The number of aryl methyl sites for hydroxylation is 3. The molecule has 2 aromatic rings. The molecule has 2 rings (SSSR count). The van der Waals surface area contributed by atoms with Gasteiger partial charge in [-0.05, 0) is 57.5 Å². The average molecular weight is 286 g/mol. The topological polar surface area (TPSA) is 42.7 Å². The molecule has 21 heavy (non-hydrogen) atoms. The largest absolute Gasteiger partial charge is 0.308 e. The van der Waals surface area contributed by atoms with Crippen LogP contribution in [0.1, 0.15) is 49.0 Å². The van der Waals surface area contributed by atoms with Gasteiger partial charge >= 0.3 is 0 Å². The highest BCUT2D eigenvalue weighted by Gasteiger charge is 2.16. The molecule has 0 radical (unpaired) electrons. The van der Waals surface area contributed by atoms with Crippen LogP contribution < -0.4 is 5.32 Å². The van der Waals surface area contributed by atoms with Gasteiger partial charge < -0.3 is 5.32 Å². The molecule has 0 aliphatic carbocycles. The van der Waals surface area contributed by atoms with Crippen LogP contribution in [0.5, 0.6) is 0 Å². The Morgan fingerprint density at radius 2 is 2.05 bits per heavy atom. The first-order chi connectivity index (χ1) is 10.1. The molecule has 0 fully saturated rings. The molecule has 1 unspecified atom stereocenters. The second kappa shape index (κ2) is 7.36. The summed E-state index contributed by atoms with van der Waals surface area (Å²) >= 11 is 0. The van der Waals surface area contributed by atoms with E-state index in [-0.39, 0.29) is 6.04 Å². The normalized spacial score (nSPS) is 12.6. The minimum absolute atomic E-state index is 0.242. The van der Waals surface area contributed by atoms with Crippen LogP contribution in [0.3, 0.4) is 0 Å². The van der Waals surface area contributed by atoms with Crippen molar-refractivity contribution in [2.24, 2.45) is 0 Å². The fraction of sp³-hybridized carbons (Fsp3) is 0.529. The van der Waals surface area contributed by atoms with Crippen LogP contribution in [0.4, 0.5) is 0 Å². The van der Waals surface area contributed by atoms with Crippen molar-refractivity contribution in [3.8, 4) is 0 Å². The molecule has 2 heterocycles. The molecule has 0 saturated carbocycles. The van der Waals surface area contributed by atoms with E-state index in [1.807, 2.05) is 12.3 Å². The molecule has 0 aliphatic rings. The van der Waals surface area contributed by atoms with E-state index in [2.05, 4.69) is 59.9 Å². The number of aromatic nitrogens is 3. The number of hydrogen-bond donors (Lipinski definition) is 1. The van der Waals surface area contributed by atoms with Gasteiger partial charge in [0.1, 0.15) is 0 Å². The summed E-state index contributed by atoms with van der Waals surface area (Å²) < 4.78 is 2.09. The molecule has 0 aromatic carbocycles. The number of nitrogens with one attached hydrogen (secondary N) is 1. The molecular formula is C17H26N4. The van der Waals surface area contributed by atoms with E-state index in [1.54, 1.807) is 0 Å². The maximum atomic E-state index is 4.56. The van der Waals surface area contributed by atoms with E-state index in [0.29, 0.717) is 0 Å². The number of nitrogens with zero attached hydrogens (tertiary/aromatic N) is 3. The quantitative estimate of drug-likeness (QED) is 0.850. The Morgan fingerprint density at radius 3 is 2.71 bits per heavy atom. The Morgan fingerprint density at radius 1 is 1.24 bits per heavy atom. The first kappa shape index (κ1) is 15.7. The van der Waals surface area contributed by atoms with Crippen molar-refractivity contribution in [2.45, 2.75) is 53.1 Å². The van der Waals surface area contributed by atoms with E-state index < -0.39 is 0 Å². The first-order valence-electron chi connectivity index (χ1n) is 7.83. The Kier molecular flexibility index (Phi) is 5.51. The van der Waals surface area contributed by atoms with Crippen LogP contribution >= 0.6 is 0 Å². The van der Waals surface area contributed by atoms with Gasteiger partial charge in [0.15, 0.2) is 0 Å². The van der Waals surface area contributed by atoms with Crippen molar-refractivity contribution in [3.63, 3.8) is 0 Å². The predicted octanol–water partition coefficient (Wildman–Crippen LogP) is 3.20. The van der Waals surface area contributed by atoms with Gasteiger partial charge in [0.05, 0.1) is 17.4 Å². The molecule has 0 saturated heterocycles. The van der Waals surface area contributed by atoms with E-state index in [4.69, 9.17) is 0 Å². The molecule has 0 spiro atoms. The summed E-state index contributed by atoms with van der Waals surface area (Å²) in [6.07, 6.45) is 3.94. The summed E-state index contributed by atoms with van der Waals surface area (Å²) in [6.45, 7) is 10.4. The van der Waals surface area contributed by atoms with Crippen molar-refractivity contribution in [1.82, 2.24) is 20.1 Å². The van der Waals surface area contributed by atoms with Gasteiger partial charge in [0.25, 0.3) is 0 Å². The number of hydrogen-bond acceptors (Lipinski definition) is 3. The summed E-state index contributed by atoms with van der Waals surface area (Å²) in [5.41, 5.74) is 4.72. The van der Waals surface area contributed by atoms with Crippen molar-refractivity contribution >= 4 is 0 Å². The minimum atomic E-state index is 0.242. The minimum Gasteiger partial charge on any atom is -0.308 e. The summed E-state index contributed by atoms with van der Waals surface area (Å²) in [4.78, 5) is 4.56. The van der Waals surface area contributed by atoms with Gasteiger partial charge in [-0.25, -0.2) is 0 Å². The Bertz CT molecular complexity index is 574. The van der Waals surface area contributed by atoms with Crippen molar-refractivity contribution in [3.05, 3.63) is 47.0 Å². The third kappa shape index (κ3) is 4.14. The number of rotatable bonds is 7. The fourth-order valence-electron chi connectivity index (χ4n) is 2.60. The van der Waals surface area contributed by atoms with Crippen LogP contribution in [0.25, 0.3) is 0 Å². The maximum absolute atomic E-state index is 4.56. The fourth-order valence-corrected chi connectivity index (χ4v) is 2.60. The van der Waals surface area contributed by atoms with Gasteiger partial charge in [0, 0.05) is 24.9 Å². The Balaban J connectivity index is 2.23. The molecule has 2 aromatic heterocycles. The highest BCUT2D eigenvalue weighted by atomic mass is 15.3. The molecule has 1 atom stereocenters. The Hall–Kier alpha value is -1.68. The molecule has 114 valence electrons. The lowest BCUT2D eigenvalue weighted by Gasteiger charge is -2.19. The van der Waals surface area contributed by atoms with Crippen molar-refractivity contribution < 1.29 is 0 Å². The van der Waals surface area contributed by atoms with Crippen molar-refractivity contribution in [1.29, 1.82) is 0 Å². The second-order valence-corrected chi connectivity index (χ2v) is 5.56. The summed E-state index contributed by atoms with van der Waals surface area (Å²) in [5.74, 6) is 0. The molecular weight excluding hydrogens is 260 g/mol. The van der Waals surface area contributed by atoms with E-state index >= 15 is 0 Å². The maximum Gasteiger partial charge on any atom is 0.0596 e. The lowest BCUT2D eigenvalue weighted by atomic mass is 10.0. The van der Waals surface area contributed by atoms with Crippen LogP contribution in [-0.4, -0.2) is 21.3 Å². The number of pyridine rings is 1. The zero-order valence-electron chi connectivity index (χ0n) is 13.6. The smallest absolute Gasteiger partial charge is 0.0596 e. The molecule has 4 nitrogen and oxygen atoms in total. The molecule has 4 heteroatoms. The van der Waals surface area contributed by atoms with E-state index in [9.17, 15) is 0 Å².